The number of anilines is 1. The molecule has 0 aromatic heterocycles. The second kappa shape index (κ2) is 4.02. The van der Waals surface area contributed by atoms with Gasteiger partial charge in [0.2, 0.25) is 0 Å². The third-order valence-electron chi connectivity index (χ3n) is 1.05. The Balaban J connectivity index is 2.89. The number of halogens is 3. The number of nitrogens with one attached hydrogen (secondary N) is 2. The van der Waals surface area contributed by atoms with Crippen LogP contribution in [0.4, 0.5) is 5.69 Å². The molecule has 1 aromatic carbocycles. The largest absolute Gasteiger partial charge is 0.308 e. The van der Waals surface area contributed by atoms with Crippen molar-refractivity contribution in [2.45, 2.75) is 0 Å². The molecule has 0 aliphatic carbocycles. The highest BCUT2D eigenvalue weighted by atomic mass is 35.5. The van der Waals surface area contributed by atoms with Crippen molar-refractivity contribution < 1.29 is 0 Å². The fourth-order valence-electron chi connectivity index (χ4n) is 0.681. The van der Waals surface area contributed by atoms with Crippen LogP contribution in [-0.4, -0.2) is 0 Å². The van der Waals surface area contributed by atoms with Crippen molar-refractivity contribution in [3.05, 3.63) is 28.2 Å². The van der Waals surface area contributed by atoms with Gasteiger partial charge in [0.1, 0.15) is 0 Å². The van der Waals surface area contributed by atoms with E-state index in [4.69, 9.17) is 35.0 Å². The molecule has 0 fully saturated rings. The average molecular weight is 211 g/mol. The molecule has 2 N–H and O–H groups in total. The second-order valence-electron chi connectivity index (χ2n) is 1.88. The lowest BCUT2D eigenvalue weighted by Gasteiger charge is -2.02. The van der Waals surface area contributed by atoms with Crippen molar-refractivity contribution in [1.82, 2.24) is 4.94 Å². The van der Waals surface area contributed by atoms with Crippen LogP contribution in [0, 0.1) is 0 Å². The SMILES string of the molecule is ClNNc1cc(Cl)cc(Cl)c1. The molecule has 0 bridgehead atoms. The molecule has 5 heteroatoms. The number of benzene rings is 1. The van der Waals surface area contributed by atoms with Gasteiger partial charge in [-0.15, -0.1) is 4.94 Å². The standard InChI is InChI=1S/C6H5Cl3N2/c7-4-1-5(8)3-6(2-4)10-11-9/h1-3,10-11H. The van der Waals surface area contributed by atoms with E-state index in [-0.39, 0.29) is 0 Å². The molecule has 2 nitrogen and oxygen atoms in total. The summed E-state index contributed by atoms with van der Waals surface area (Å²) >= 11 is 16.6. The molecule has 1 aromatic rings. The van der Waals surface area contributed by atoms with Gasteiger partial charge >= 0.3 is 0 Å². The Hall–Kier alpha value is -0.150. The van der Waals surface area contributed by atoms with Gasteiger partial charge in [-0.05, 0) is 30.0 Å². The van der Waals surface area contributed by atoms with Crippen molar-refractivity contribution in [3.63, 3.8) is 0 Å². The highest BCUT2D eigenvalue weighted by Gasteiger charge is 1.95. The van der Waals surface area contributed by atoms with Gasteiger partial charge in [0.25, 0.3) is 0 Å². The Morgan fingerprint density at radius 3 is 2.00 bits per heavy atom. The van der Waals surface area contributed by atoms with Crippen molar-refractivity contribution in [3.8, 4) is 0 Å². The van der Waals surface area contributed by atoms with E-state index in [0.717, 1.165) is 5.69 Å². The van der Waals surface area contributed by atoms with Gasteiger partial charge in [0.05, 0.1) is 5.69 Å². The maximum Gasteiger partial charge on any atom is 0.0529 e. The third-order valence-corrected chi connectivity index (χ3v) is 1.59. The molecule has 0 amide bonds. The Morgan fingerprint density at radius 2 is 1.55 bits per heavy atom. The van der Waals surface area contributed by atoms with Gasteiger partial charge in [-0.3, -0.25) is 0 Å². The Labute approximate surface area is 79.5 Å². The highest BCUT2D eigenvalue weighted by molar-refractivity contribution is 6.35. The van der Waals surface area contributed by atoms with E-state index < -0.39 is 0 Å². The number of hydrogen-bond donors (Lipinski definition) is 2. The molecule has 60 valence electrons. The summed E-state index contributed by atoms with van der Waals surface area (Å²) in [6.07, 6.45) is 0. The van der Waals surface area contributed by atoms with Crippen LogP contribution in [0.3, 0.4) is 0 Å². The molecule has 0 aliphatic heterocycles. The van der Waals surface area contributed by atoms with E-state index in [0.29, 0.717) is 10.0 Å². The predicted molar refractivity (Wildman–Crippen MR) is 49.1 cm³/mol. The molecule has 11 heavy (non-hydrogen) atoms. The van der Waals surface area contributed by atoms with E-state index in [1.165, 1.54) is 0 Å². The van der Waals surface area contributed by atoms with Crippen LogP contribution in [-0.2, 0) is 0 Å². The molecule has 0 spiro atoms. The smallest absolute Gasteiger partial charge is 0.0529 e. The zero-order valence-corrected chi connectivity index (χ0v) is 7.63. The summed E-state index contributed by atoms with van der Waals surface area (Å²) in [4.78, 5) is 2.24. The monoisotopic (exact) mass is 210 g/mol. The topological polar surface area (TPSA) is 24.1 Å². The summed E-state index contributed by atoms with van der Waals surface area (Å²) in [7, 11) is 0. The molecule has 0 atom stereocenters. The van der Waals surface area contributed by atoms with E-state index in [1.54, 1.807) is 18.2 Å². The van der Waals surface area contributed by atoms with Crippen LogP contribution >= 0.6 is 35.0 Å². The molecule has 0 saturated heterocycles. The summed E-state index contributed by atoms with van der Waals surface area (Å²) in [6, 6.07) is 5.04. The van der Waals surface area contributed by atoms with Crippen molar-refractivity contribution >= 4 is 40.7 Å². The van der Waals surface area contributed by atoms with Crippen LogP contribution < -0.4 is 10.4 Å². The summed E-state index contributed by atoms with van der Waals surface area (Å²) in [5.41, 5.74) is 3.36. The zero-order valence-electron chi connectivity index (χ0n) is 5.37. The molecule has 0 radical (unpaired) electrons. The summed E-state index contributed by atoms with van der Waals surface area (Å²) in [5.74, 6) is 0. The Bertz CT molecular complexity index is 231. The highest BCUT2D eigenvalue weighted by Crippen LogP contribution is 2.21. The predicted octanol–water partition coefficient (Wildman–Crippen LogP) is 3.06. The maximum absolute atomic E-state index is 5.69. The molecule has 0 saturated carbocycles. The molecular formula is C6H5Cl3N2. The Morgan fingerprint density at radius 1 is 1.00 bits per heavy atom. The van der Waals surface area contributed by atoms with Crippen molar-refractivity contribution in [2.24, 2.45) is 0 Å². The van der Waals surface area contributed by atoms with Crippen LogP contribution in [0.2, 0.25) is 10.0 Å². The molecule has 0 heterocycles. The first kappa shape index (κ1) is 8.94. The molecule has 0 unspecified atom stereocenters. The van der Waals surface area contributed by atoms with Crippen molar-refractivity contribution in [2.75, 3.05) is 5.43 Å². The fraction of sp³-hybridized carbons (Fsp3) is 0. The average Bonchev–Trinajstić information content (AvgIpc) is 1.85. The van der Waals surface area contributed by atoms with Gasteiger partial charge in [-0.25, -0.2) is 0 Å². The second-order valence-corrected chi connectivity index (χ2v) is 2.94. The third kappa shape index (κ3) is 2.75. The van der Waals surface area contributed by atoms with Crippen LogP contribution in [0.1, 0.15) is 0 Å². The summed E-state index contributed by atoms with van der Waals surface area (Å²) < 4.78 is 0. The van der Waals surface area contributed by atoms with Crippen LogP contribution in [0.15, 0.2) is 18.2 Å². The van der Waals surface area contributed by atoms with Crippen LogP contribution in [0.25, 0.3) is 0 Å². The first-order valence-corrected chi connectivity index (χ1v) is 3.93. The van der Waals surface area contributed by atoms with E-state index >= 15 is 0 Å². The van der Waals surface area contributed by atoms with Crippen molar-refractivity contribution in [1.29, 1.82) is 0 Å². The molecule has 1 rings (SSSR count). The van der Waals surface area contributed by atoms with E-state index in [9.17, 15) is 0 Å². The normalized spacial score (nSPS) is 9.73. The molecule has 0 aliphatic rings. The quantitative estimate of drug-likeness (QED) is 0.580. The summed E-state index contributed by atoms with van der Waals surface area (Å²) in [5, 5.41) is 1.12. The van der Waals surface area contributed by atoms with Gasteiger partial charge < -0.3 is 5.43 Å². The van der Waals surface area contributed by atoms with Gasteiger partial charge in [0, 0.05) is 10.0 Å². The zero-order chi connectivity index (χ0) is 8.27. The lowest BCUT2D eigenvalue weighted by atomic mass is 10.3. The molecular weight excluding hydrogens is 206 g/mol. The fourth-order valence-corrected chi connectivity index (χ4v) is 1.32. The van der Waals surface area contributed by atoms with Gasteiger partial charge in [0.15, 0.2) is 0 Å². The number of hydrogen-bond acceptors (Lipinski definition) is 2. The first-order valence-electron chi connectivity index (χ1n) is 2.80. The number of rotatable bonds is 2. The number of hydrazine groups is 1. The lowest BCUT2D eigenvalue weighted by Crippen LogP contribution is -2.08. The first-order chi connectivity index (χ1) is 5.22. The maximum atomic E-state index is 5.69. The van der Waals surface area contributed by atoms with Gasteiger partial charge in [-0.2, -0.15) is 0 Å². The van der Waals surface area contributed by atoms with E-state index in [2.05, 4.69) is 10.4 Å². The minimum atomic E-state index is 0.562. The minimum absolute atomic E-state index is 0.562. The lowest BCUT2D eigenvalue weighted by molar-refractivity contribution is 1.20. The minimum Gasteiger partial charge on any atom is -0.308 e. The van der Waals surface area contributed by atoms with Crippen LogP contribution in [0.5, 0.6) is 0 Å². The van der Waals surface area contributed by atoms with E-state index in [1.807, 2.05) is 0 Å². The summed E-state index contributed by atoms with van der Waals surface area (Å²) in [6.45, 7) is 0. The van der Waals surface area contributed by atoms with Gasteiger partial charge in [-0.1, -0.05) is 23.2 Å². The Kier molecular flexibility index (Phi) is 3.27.